The molecule has 0 aromatic rings. The summed E-state index contributed by atoms with van der Waals surface area (Å²) in [7, 11) is 5.25. The molecule has 2 heterocycles. The van der Waals surface area contributed by atoms with Crippen LogP contribution in [0.5, 0.6) is 0 Å². The first-order valence-electron chi connectivity index (χ1n) is 14.5. The van der Waals surface area contributed by atoms with Crippen molar-refractivity contribution in [3.8, 4) is 0 Å². The van der Waals surface area contributed by atoms with Gasteiger partial charge in [-0.05, 0) is 74.0 Å². The first-order chi connectivity index (χ1) is 14.8. The smallest absolute Gasteiger partial charge is 0.0945 e. The van der Waals surface area contributed by atoms with Gasteiger partial charge in [-0.3, -0.25) is 0 Å². The summed E-state index contributed by atoms with van der Waals surface area (Å²) in [5.41, 5.74) is 1.32. The van der Waals surface area contributed by atoms with Crippen molar-refractivity contribution in [1.82, 2.24) is 0 Å². The molecule has 0 aromatic carbocycles. The average molecular weight is 683 g/mol. The lowest BCUT2D eigenvalue weighted by Crippen LogP contribution is -3.00. The maximum Gasteiger partial charge on any atom is 0.0945 e. The Morgan fingerprint density at radius 2 is 1.18 bits per heavy atom. The van der Waals surface area contributed by atoms with Crippen LogP contribution >= 0.6 is 0 Å². The third-order valence-electron chi connectivity index (χ3n) is 13.4. The van der Waals surface area contributed by atoms with Crippen LogP contribution in [-0.4, -0.2) is 61.3 Å². The third-order valence-corrected chi connectivity index (χ3v) is 13.4. The van der Waals surface area contributed by atoms with Gasteiger partial charge >= 0.3 is 0 Å². The Bertz CT molecular complexity index is 700. The largest absolute Gasteiger partial charge is 1.00 e. The van der Waals surface area contributed by atoms with E-state index in [1.807, 2.05) is 0 Å². The second kappa shape index (κ2) is 9.60. The van der Waals surface area contributed by atoms with E-state index in [1.54, 1.807) is 51.4 Å². The van der Waals surface area contributed by atoms with Gasteiger partial charge in [0.05, 0.1) is 52.4 Å². The fraction of sp³-hybridized carbons (Fsp3) is 1.00. The molecule has 33 heavy (non-hydrogen) atoms. The van der Waals surface area contributed by atoms with Crippen molar-refractivity contribution in [2.24, 2.45) is 34.5 Å². The van der Waals surface area contributed by atoms with Crippen LogP contribution in [0.3, 0.4) is 0 Å². The summed E-state index contributed by atoms with van der Waals surface area (Å²) in [6, 6.07) is 1.96. The minimum atomic E-state index is 0. The summed E-state index contributed by atoms with van der Waals surface area (Å²) in [5.74, 6) is 4.20. The van der Waals surface area contributed by atoms with Crippen LogP contribution in [0.15, 0.2) is 0 Å². The third kappa shape index (κ3) is 4.11. The zero-order valence-corrected chi connectivity index (χ0v) is 26.5. The molecule has 0 spiro atoms. The Morgan fingerprint density at radius 1 is 0.606 bits per heavy atom. The first-order valence-corrected chi connectivity index (χ1v) is 14.5. The molecular weight excluding hydrogens is 630 g/mol. The van der Waals surface area contributed by atoms with Gasteiger partial charge in [0.1, 0.15) is 0 Å². The number of halogens is 2. The summed E-state index contributed by atoms with van der Waals surface area (Å²) in [4.78, 5) is 0. The van der Waals surface area contributed by atoms with Crippen molar-refractivity contribution in [1.29, 1.82) is 0 Å². The molecule has 192 valence electrons. The van der Waals surface area contributed by atoms with Gasteiger partial charge in [0, 0.05) is 43.9 Å². The molecule has 8 atom stereocenters. The van der Waals surface area contributed by atoms with Crippen molar-refractivity contribution in [3.63, 3.8) is 0 Å². The van der Waals surface area contributed by atoms with Gasteiger partial charge in [-0.25, -0.2) is 0 Å². The van der Waals surface area contributed by atoms with Crippen molar-refractivity contribution in [2.75, 3.05) is 40.3 Å². The summed E-state index contributed by atoms with van der Waals surface area (Å²) < 4.78 is 2.86. The van der Waals surface area contributed by atoms with Crippen LogP contribution in [0.2, 0.25) is 0 Å². The fourth-order valence-corrected chi connectivity index (χ4v) is 11.6. The van der Waals surface area contributed by atoms with Gasteiger partial charge in [-0.15, -0.1) is 0 Å². The number of hydrogen-bond donors (Lipinski definition) is 0. The lowest BCUT2D eigenvalue weighted by atomic mass is 9.44. The average Bonchev–Trinajstić information content (AvgIpc) is 3.46. The zero-order valence-electron chi connectivity index (χ0n) is 22.1. The molecule has 6 fully saturated rings. The standard InChI is InChI=1S/C29H52N2.2HI/c1-28-15-13-23(30(3)17-5-6-18-30)21-22(28)9-10-24-25-11-12-27(31(4)19-7-8-20-31)29(25,2)16-14-26(24)28;;/h22-27H,5-21H2,1-4H3;2*1H/q+2;;/p-2. The quantitative estimate of drug-likeness (QED) is 0.290. The minimum absolute atomic E-state index is 0. The van der Waals surface area contributed by atoms with Gasteiger partial charge < -0.3 is 56.9 Å². The van der Waals surface area contributed by atoms with Crippen molar-refractivity contribution < 1.29 is 56.9 Å². The van der Waals surface area contributed by atoms with Crippen LogP contribution in [-0.2, 0) is 0 Å². The van der Waals surface area contributed by atoms with E-state index in [9.17, 15) is 0 Å². The van der Waals surface area contributed by atoms with Crippen LogP contribution in [0.1, 0.15) is 97.3 Å². The molecule has 0 radical (unpaired) electrons. The molecule has 6 aliphatic rings. The van der Waals surface area contributed by atoms with E-state index in [0.717, 1.165) is 35.8 Å². The summed E-state index contributed by atoms with van der Waals surface area (Å²) in [5, 5.41) is 0. The minimum Gasteiger partial charge on any atom is -1.00 e. The van der Waals surface area contributed by atoms with E-state index >= 15 is 0 Å². The molecule has 0 amide bonds. The molecule has 2 saturated heterocycles. The van der Waals surface area contributed by atoms with E-state index < -0.39 is 0 Å². The predicted octanol–water partition coefficient (Wildman–Crippen LogP) is 0.255. The van der Waals surface area contributed by atoms with E-state index in [2.05, 4.69) is 27.9 Å². The molecule has 6 rings (SSSR count). The Balaban J connectivity index is 0.00000130. The molecular formula is C29H52I2N2. The van der Waals surface area contributed by atoms with Crippen LogP contribution in [0, 0.1) is 34.5 Å². The number of fused-ring (bicyclic) bond motifs is 5. The van der Waals surface area contributed by atoms with E-state index in [-0.39, 0.29) is 48.0 Å². The van der Waals surface area contributed by atoms with E-state index in [4.69, 9.17) is 0 Å². The maximum absolute atomic E-state index is 2.79. The van der Waals surface area contributed by atoms with Gasteiger partial charge in [0.15, 0.2) is 0 Å². The molecule has 0 N–H and O–H groups in total. The van der Waals surface area contributed by atoms with Crippen LogP contribution in [0.4, 0.5) is 0 Å². The molecule has 0 bridgehead atoms. The summed E-state index contributed by atoms with van der Waals surface area (Å²) >= 11 is 0. The molecule has 2 aliphatic heterocycles. The van der Waals surface area contributed by atoms with E-state index in [0.29, 0.717) is 10.8 Å². The van der Waals surface area contributed by atoms with Crippen LogP contribution in [0.25, 0.3) is 0 Å². The highest BCUT2D eigenvalue weighted by molar-refractivity contribution is 5.10. The van der Waals surface area contributed by atoms with Gasteiger partial charge in [-0.1, -0.05) is 13.8 Å². The molecule has 4 saturated carbocycles. The second-order valence-corrected chi connectivity index (χ2v) is 14.5. The Hall–Kier alpha value is 1.38. The molecule has 2 nitrogen and oxygen atoms in total. The van der Waals surface area contributed by atoms with Crippen LogP contribution < -0.4 is 48.0 Å². The highest BCUT2D eigenvalue weighted by Crippen LogP contribution is 2.67. The molecule has 8 unspecified atom stereocenters. The van der Waals surface area contributed by atoms with Gasteiger partial charge in [-0.2, -0.15) is 0 Å². The highest BCUT2D eigenvalue weighted by Gasteiger charge is 2.64. The molecule has 0 aromatic heterocycles. The van der Waals surface area contributed by atoms with Crippen molar-refractivity contribution >= 4 is 0 Å². The van der Waals surface area contributed by atoms with Gasteiger partial charge in [0.2, 0.25) is 0 Å². The monoisotopic (exact) mass is 682 g/mol. The molecule has 4 aliphatic carbocycles. The number of likely N-dealkylation sites (tertiary alicyclic amines) is 2. The normalized spacial score (nSPS) is 49.8. The van der Waals surface area contributed by atoms with Gasteiger partial charge in [0.25, 0.3) is 0 Å². The maximum atomic E-state index is 2.79. The lowest BCUT2D eigenvalue weighted by Gasteiger charge is -2.62. The fourth-order valence-electron chi connectivity index (χ4n) is 11.6. The zero-order chi connectivity index (χ0) is 21.5. The number of hydrogen-bond acceptors (Lipinski definition) is 0. The number of rotatable bonds is 2. The summed E-state index contributed by atoms with van der Waals surface area (Å²) in [6.07, 6.45) is 20.0. The predicted molar refractivity (Wildman–Crippen MR) is 130 cm³/mol. The Kier molecular flexibility index (Phi) is 7.98. The number of quaternary nitrogens is 2. The first kappa shape index (κ1) is 27.4. The lowest BCUT2D eigenvalue weighted by molar-refractivity contribution is -0.928. The Labute approximate surface area is 239 Å². The topological polar surface area (TPSA) is 0 Å². The van der Waals surface area contributed by atoms with Crippen molar-refractivity contribution in [2.45, 2.75) is 109 Å². The second-order valence-electron chi connectivity index (χ2n) is 14.5. The number of nitrogens with zero attached hydrogens (tertiary/aromatic N) is 2. The SMILES string of the molecule is CC12CCC([N+]3(C)CCCC3)CC1CCC1C2CCC2(C)C1CCC2[N+]1(C)CCCC1.[I-].[I-]. The molecule has 4 heteroatoms. The highest BCUT2D eigenvalue weighted by atomic mass is 127. The summed E-state index contributed by atoms with van der Waals surface area (Å²) in [6.45, 7) is 11.5. The van der Waals surface area contributed by atoms with E-state index in [1.165, 1.54) is 67.2 Å². The van der Waals surface area contributed by atoms with Crippen molar-refractivity contribution in [3.05, 3.63) is 0 Å². The Morgan fingerprint density at radius 3 is 1.85 bits per heavy atom.